The summed E-state index contributed by atoms with van der Waals surface area (Å²) in [5.41, 5.74) is 5.22. The van der Waals surface area contributed by atoms with E-state index in [0.29, 0.717) is 11.7 Å². The van der Waals surface area contributed by atoms with Gasteiger partial charge in [-0.15, -0.1) is 0 Å². The fraction of sp³-hybridized carbons (Fsp3) is 0.316. The molecule has 0 atom stereocenters. The Morgan fingerprint density at radius 2 is 2.06 bits per heavy atom. The minimum Gasteiger partial charge on any atom is -0.475 e. The Kier molecular flexibility index (Phi) is 6.49. The van der Waals surface area contributed by atoms with Crippen molar-refractivity contribution in [1.29, 1.82) is 0 Å². The number of rotatable bonds is 3. The predicted molar refractivity (Wildman–Crippen MR) is 104 cm³/mol. The molecule has 3 N–H and O–H groups in total. The average molecular weight is 436 g/mol. The molecule has 0 unspecified atom stereocenters. The highest BCUT2D eigenvalue weighted by Crippen LogP contribution is 2.30. The summed E-state index contributed by atoms with van der Waals surface area (Å²) in [6, 6.07) is 3.74. The van der Waals surface area contributed by atoms with Gasteiger partial charge in [-0.1, -0.05) is 5.16 Å². The number of alkyl halides is 3. The molecule has 0 bridgehead atoms. The molecule has 4 heterocycles. The lowest BCUT2D eigenvalue weighted by Gasteiger charge is -2.19. The number of halogens is 3. The first kappa shape index (κ1) is 22.2. The zero-order chi connectivity index (χ0) is 22.6. The van der Waals surface area contributed by atoms with Crippen molar-refractivity contribution in [2.45, 2.75) is 26.1 Å². The van der Waals surface area contributed by atoms with Gasteiger partial charge in [-0.2, -0.15) is 18.2 Å². The molecule has 3 aromatic rings. The maximum atomic E-state index is 10.6. The van der Waals surface area contributed by atoms with Gasteiger partial charge in [0.15, 0.2) is 0 Å². The highest BCUT2D eigenvalue weighted by atomic mass is 19.4. The number of anilines is 1. The van der Waals surface area contributed by atoms with E-state index in [0.717, 1.165) is 42.1 Å². The number of carboxylic acids is 1. The van der Waals surface area contributed by atoms with Crippen LogP contribution in [0.15, 0.2) is 29.0 Å². The fourth-order valence-corrected chi connectivity index (χ4v) is 3.01. The Morgan fingerprint density at radius 1 is 1.32 bits per heavy atom. The van der Waals surface area contributed by atoms with Gasteiger partial charge in [0.25, 0.3) is 5.89 Å². The lowest BCUT2D eigenvalue weighted by Crippen LogP contribution is -2.24. The molecule has 3 aromatic heterocycles. The van der Waals surface area contributed by atoms with E-state index in [1.165, 1.54) is 11.1 Å². The summed E-state index contributed by atoms with van der Waals surface area (Å²) >= 11 is 0. The molecule has 1 aliphatic heterocycles. The van der Waals surface area contributed by atoms with E-state index in [2.05, 4.69) is 30.7 Å². The van der Waals surface area contributed by atoms with E-state index in [1.807, 2.05) is 32.3 Å². The largest absolute Gasteiger partial charge is 0.490 e. The number of fused-ring (bicyclic) bond motifs is 1. The monoisotopic (exact) mass is 436 g/mol. The van der Waals surface area contributed by atoms with E-state index in [4.69, 9.17) is 14.4 Å². The van der Waals surface area contributed by atoms with Crippen molar-refractivity contribution in [3.63, 3.8) is 0 Å². The van der Waals surface area contributed by atoms with Crippen molar-refractivity contribution >= 4 is 11.8 Å². The third-order valence-electron chi connectivity index (χ3n) is 4.49. The Hall–Kier alpha value is -3.54. The molecule has 0 spiro atoms. The Balaban J connectivity index is 0.000000339. The quantitative estimate of drug-likeness (QED) is 0.568. The third kappa shape index (κ3) is 5.15. The zero-order valence-electron chi connectivity index (χ0n) is 16.6. The van der Waals surface area contributed by atoms with Gasteiger partial charge in [0.05, 0.1) is 0 Å². The van der Waals surface area contributed by atoms with Crippen LogP contribution in [-0.2, 0) is 17.8 Å². The maximum absolute atomic E-state index is 10.6. The van der Waals surface area contributed by atoms with Crippen LogP contribution in [-0.4, -0.2) is 51.0 Å². The van der Waals surface area contributed by atoms with Crippen LogP contribution in [0.5, 0.6) is 0 Å². The predicted octanol–water partition coefficient (Wildman–Crippen LogP) is 2.82. The zero-order valence-corrected chi connectivity index (χ0v) is 16.6. The summed E-state index contributed by atoms with van der Waals surface area (Å²) in [5, 5.41) is 17.7. The van der Waals surface area contributed by atoms with Gasteiger partial charge in [0, 0.05) is 42.8 Å². The summed E-state index contributed by atoms with van der Waals surface area (Å²) in [6.07, 6.45) is -0.492. The second-order valence-corrected chi connectivity index (χ2v) is 6.55. The summed E-state index contributed by atoms with van der Waals surface area (Å²) in [7, 11) is 1.82. The number of nitrogens with zero attached hydrogens (tertiary/aromatic N) is 4. The van der Waals surface area contributed by atoms with E-state index in [1.54, 1.807) is 6.20 Å². The number of aromatic nitrogens is 4. The van der Waals surface area contributed by atoms with Crippen LogP contribution in [0.25, 0.3) is 22.8 Å². The number of aliphatic carboxylic acids is 1. The number of pyridine rings is 2. The summed E-state index contributed by atoms with van der Waals surface area (Å²) < 4.78 is 37.2. The van der Waals surface area contributed by atoms with E-state index in [9.17, 15) is 13.2 Å². The minimum absolute atomic E-state index is 0.481. The van der Waals surface area contributed by atoms with Gasteiger partial charge in [-0.25, -0.2) is 9.78 Å². The number of carbonyl (C=O) groups is 1. The van der Waals surface area contributed by atoms with Crippen LogP contribution in [0, 0.1) is 6.92 Å². The number of aryl methyl sites for hydroxylation is 1. The first-order valence-electron chi connectivity index (χ1n) is 9.17. The molecule has 31 heavy (non-hydrogen) atoms. The summed E-state index contributed by atoms with van der Waals surface area (Å²) in [6.45, 7) is 3.76. The molecule has 1 aliphatic rings. The van der Waals surface area contributed by atoms with Gasteiger partial charge in [0.2, 0.25) is 5.82 Å². The van der Waals surface area contributed by atoms with E-state index < -0.39 is 12.1 Å². The van der Waals surface area contributed by atoms with Crippen molar-refractivity contribution in [3.05, 3.63) is 41.3 Å². The third-order valence-corrected chi connectivity index (χ3v) is 4.49. The number of hydrogen-bond acceptors (Lipinski definition) is 8. The van der Waals surface area contributed by atoms with Crippen LogP contribution >= 0.6 is 0 Å². The van der Waals surface area contributed by atoms with Crippen LogP contribution in [0.1, 0.15) is 16.8 Å². The van der Waals surface area contributed by atoms with Crippen molar-refractivity contribution in [2.75, 3.05) is 18.9 Å². The number of carboxylic acid groups (broad SMARTS) is 1. The van der Waals surface area contributed by atoms with Gasteiger partial charge >= 0.3 is 12.1 Å². The lowest BCUT2D eigenvalue weighted by atomic mass is 9.95. The Bertz CT molecular complexity index is 1080. The van der Waals surface area contributed by atoms with E-state index in [-0.39, 0.29) is 0 Å². The number of hydrogen-bond donors (Lipinski definition) is 3. The second-order valence-electron chi connectivity index (χ2n) is 6.55. The highest BCUT2D eigenvalue weighted by Gasteiger charge is 2.38. The first-order valence-corrected chi connectivity index (χ1v) is 9.17. The fourth-order valence-electron chi connectivity index (χ4n) is 3.01. The standard InChI is InChI=1S/C17H18N6O.C2HF3O2/c1-10-15(13-4-5-19-8-12(13)9-21-10)16-22-17(24-23-16)11-3-6-20-14(7-11)18-2;3-2(4,5)1(6)7/h3,6-7,9,19H,4-5,8H2,1-2H3,(H,18,20);(H,6,7). The normalized spacial score (nSPS) is 13.1. The van der Waals surface area contributed by atoms with Crippen molar-refractivity contribution in [3.8, 4) is 22.8 Å². The SMILES string of the molecule is CNc1cc(-c2nc(-c3c(C)ncc4c3CCNC4)no2)ccn1.O=C(O)C(F)(F)F. The minimum atomic E-state index is -5.08. The molecular weight excluding hydrogens is 417 g/mol. The average Bonchev–Trinajstić information content (AvgIpc) is 3.23. The van der Waals surface area contributed by atoms with Crippen LogP contribution in [0.2, 0.25) is 0 Å². The first-order chi connectivity index (χ1) is 14.7. The molecule has 0 radical (unpaired) electrons. The van der Waals surface area contributed by atoms with Gasteiger partial charge in [-0.3, -0.25) is 4.98 Å². The second kappa shape index (κ2) is 9.08. The topological polar surface area (TPSA) is 126 Å². The van der Waals surface area contributed by atoms with Crippen molar-refractivity contribution in [2.24, 2.45) is 0 Å². The molecule has 0 aliphatic carbocycles. The van der Waals surface area contributed by atoms with Gasteiger partial charge < -0.3 is 20.3 Å². The molecule has 0 saturated carbocycles. The highest BCUT2D eigenvalue weighted by molar-refractivity contribution is 5.73. The molecule has 9 nitrogen and oxygen atoms in total. The molecule has 0 amide bonds. The summed E-state index contributed by atoms with van der Waals surface area (Å²) in [5.74, 6) is -0.924. The molecule has 4 rings (SSSR count). The number of nitrogens with one attached hydrogen (secondary N) is 2. The van der Waals surface area contributed by atoms with E-state index >= 15 is 0 Å². The Morgan fingerprint density at radius 3 is 2.74 bits per heavy atom. The molecule has 0 fully saturated rings. The van der Waals surface area contributed by atoms with Crippen LogP contribution < -0.4 is 10.6 Å². The molecular formula is C19H19F3N6O3. The smallest absolute Gasteiger partial charge is 0.475 e. The molecule has 0 aromatic carbocycles. The molecule has 164 valence electrons. The van der Waals surface area contributed by atoms with Gasteiger partial charge in [0.1, 0.15) is 5.82 Å². The molecule has 0 saturated heterocycles. The van der Waals surface area contributed by atoms with Crippen molar-refractivity contribution < 1.29 is 27.6 Å². The maximum Gasteiger partial charge on any atom is 0.490 e. The van der Waals surface area contributed by atoms with Crippen molar-refractivity contribution in [1.82, 2.24) is 25.4 Å². The van der Waals surface area contributed by atoms with Crippen LogP contribution in [0.4, 0.5) is 19.0 Å². The van der Waals surface area contributed by atoms with Crippen LogP contribution in [0.3, 0.4) is 0 Å². The molecule has 12 heteroatoms. The lowest BCUT2D eigenvalue weighted by molar-refractivity contribution is -0.192. The summed E-state index contributed by atoms with van der Waals surface area (Å²) in [4.78, 5) is 22.2. The Labute approximate surface area is 174 Å². The van der Waals surface area contributed by atoms with Gasteiger partial charge in [-0.05, 0) is 43.1 Å².